The molecule has 0 amide bonds. The van der Waals surface area contributed by atoms with E-state index in [1.54, 1.807) is 12.1 Å². The van der Waals surface area contributed by atoms with Crippen LogP contribution in [0, 0.1) is 11.6 Å². The first-order valence-corrected chi connectivity index (χ1v) is 10.6. The van der Waals surface area contributed by atoms with Gasteiger partial charge in [-0.1, -0.05) is 29.3 Å². The second-order valence-corrected chi connectivity index (χ2v) is 8.25. The van der Waals surface area contributed by atoms with Crippen LogP contribution < -0.4 is 34.3 Å². The van der Waals surface area contributed by atoms with Crippen molar-refractivity contribution in [3.63, 3.8) is 0 Å². The molecule has 0 saturated heterocycles. The molecule has 0 aliphatic heterocycles. The van der Waals surface area contributed by atoms with Crippen molar-refractivity contribution in [1.82, 2.24) is 4.98 Å². The number of rotatable bonds is 6. The van der Waals surface area contributed by atoms with Crippen molar-refractivity contribution in [3.8, 4) is 5.88 Å². The number of nitrogens with zero attached hydrogens (tertiary/aromatic N) is 1. The Balaban J connectivity index is 0.00000204. The van der Waals surface area contributed by atoms with Crippen molar-refractivity contribution in [3.05, 3.63) is 92.6 Å². The first-order chi connectivity index (χ1) is 15.3. The maximum atomic E-state index is 14.1. The van der Waals surface area contributed by atoms with Gasteiger partial charge in [0.05, 0.1) is 10.6 Å². The van der Waals surface area contributed by atoms with E-state index in [4.69, 9.17) is 27.9 Å². The van der Waals surface area contributed by atoms with Gasteiger partial charge in [0.1, 0.15) is 18.2 Å². The molecule has 0 spiro atoms. The Kier molecular flexibility index (Phi) is 8.54. The van der Waals surface area contributed by atoms with Crippen LogP contribution in [0.2, 0.25) is 10.0 Å². The minimum Gasteiger partial charge on any atom is -1.00 e. The predicted molar refractivity (Wildman–Crippen MR) is 120 cm³/mol. The molecule has 2 aromatic carbocycles. The SMILES string of the molecule is O=C(O)c1cc(F)cc(C2=C(c3cc(Cl)cnc3OCc3ccc(Cl)cc3F)CCC2)c1.[H-].[Na+]. The van der Waals surface area contributed by atoms with Crippen LogP contribution in [-0.2, 0) is 6.61 Å². The fourth-order valence-corrected chi connectivity index (χ4v) is 4.11. The zero-order valence-corrected chi connectivity index (χ0v) is 21.2. The summed E-state index contributed by atoms with van der Waals surface area (Å²) in [7, 11) is 0. The third kappa shape index (κ3) is 5.94. The van der Waals surface area contributed by atoms with E-state index in [1.165, 1.54) is 30.5 Å². The zero-order chi connectivity index (χ0) is 22.8. The van der Waals surface area contributed by atoms with Gasteiger partial charge in [-0.3, -0.25) is 0 Å². The monoisotopic (exact) mass is 499 g/mol. The third-order valence-electron chi connectivity index (χ3n) is 5.23. The molecule has 0 bridgehead atoms. The molecule has 166 valence electrons. The van der Waals surface area contributed by atoms with Crippen molar-refractivity contribution in [1.29, 1.82) is 0 Å². The van der Waals surface area contributed by atoms with E-state index in [9.17, 15) is 18.7 Å². The summed E-state index contributed by atoms with van der Waals surface area (Å²) in [5, 5.41) is 9.96. The average molecular weight is 500 g/mol. The van der Waals surface area contributed by atoms with Gasteiger partial charge in [0.25, 0.3) is 0 Å². The fourth-order valence-electron chi connectivity index (χ4n) is 3.79. The molecule has 4 rings (SSSR count). The van der Waals surface area contributed by atoms with E-state index in [-0.39, 0.29) is 54.1 Å². The molecular weight excluding hydrogens is 482 g/mol. The molecule has 0 unspecified atom stereocenters. The van der Waals surface area contributed by atoms with Crippen LogP contribution in [0.25, 0.3) is 11.1 Å². The minimum atomic E-state index is -1.20. The number of hydrogen-bond donors (Lipinski definition) is 1. The second-order valence-electron chi connectivity index (χ2n) is 7.38. The fraction of sp³-hybridized carbons (Fsp3) is 0.167. The van der Waals surface area contributed by atoms with E-state index in [0.717, 1.165) is 23.6 Å². The summed E-state index contributed by atoms with van der Waals surface area (Å²) < 4.78 is 34.1. The molecule has 0 saturated carbocycles. The number of ether oxygens (including phenoxy) is 1. The smallest absolute Gasteiger partial charge is 1.00 e. The van der Waals surface area contributed by atoms with Gasteiger partial charge in [0.15, 0.2) is 0 Å². The van der Waals surface area contributed by atoms with Crippen LogP contribution in [0.1, 0.15) is 47.7 Å². The van der Waals surface area contributed by atoms with Gasteiger partial charge in [-0.2, -0.15) is 0 Å². The molecule has 0 fully saturated rings. The maximum absolute atomic E-state index is 14.1. The van der Waals surface area contributed by atoms with Crippen molar-refractivity contribution in [2.75, 3.05) is 0 Å². The molecule has 1 aliphatic rings. The summed E-state index contributed by atoms with van der Waals surface area (Å²) in [6.45, 7) is -0.0730. The normalized spacial score (nSPS) is 13.1. The summed E-state index contributed by atoms with van der Waals surface area (Å²) in [6.07, 6.45) is 3.51. The Labute approximate surface area is 223 Å². The summed E-state index contributed by atoms with van der Waals surface area (Å²) in [5.41, 5.74) is 2.93. The number of halogens is 4. The molecule has 1 heterocycles. The summed E-state index contributed by atoms with van der Waals surface area (Å²) in [6, 6.07) is 9.76. The number of allylic oxidation sites excluding steroid dienone is 2. The van der Waals surface area contributed by atoms with Crippen molar-refractivity contribution in [2.45, 2.75) is 25.9 Å². The number of carbonyl (C=O) groups is 1. The number of carboxylic acids is 1. The average Bonchev–Trinajstić information content (AvgIpc) is 3.23. The number of carboxylic acid groups (broad SMARTS) is 1. The molecule has 1 aromatic heterocycles. The first-order valence-electron chi connectivity index (χ1n) is 9.81. The van der Waals surface area contributed by atoms with E-state index in [0.29, 0.717) is 34.6 Å². The van der Waals surface area contributed by atoms with Gasteiger partial charge in [-0.25, -0.2) is 18.6 Å². The van der Waals surface area contributed by atoms with Crippen LogP contribution in [0.15, 0.2) is 48.7 Å². The quantitative estimate of drug-likeness (QED) is 0.517. The van der Waals surface area contributed by atoms with E-state index in [1.807, 2.05) is 0 Å². The van der Waals surface area contributed by atoms with Gasteiger partial charge in [0.2, 0.25) is 5.88 Å². The van der Waals surface area contributed by atoms with Gasteiger partial charge in [0, 0.05) is 22.3 Å². The number of pyridine rings is 1. The maximum Gasteiger partial charge on any atom is 1.00 e. The minimum absolute atomic E-state index is 0. The largest absolute Gasteiger partial charge is 1.00 e. The Bertz CT molecular complexity index is 1260. The van der Waals surface area contributed by atoms with Crippen LogP contribution in [0.3, 0.4) is 0 Å². The van der Waals surface area contributed by atoms with Gasteiger partial charge in [-0.15, -0.1) is 0 Å². The van der Waals surface area contributed by atoms with Gasteiger partial charge >= 0.3 is 35.5 Å². The molecule has 33 heavy (non-hydrogen) atoms. The molecule has 1 N–H and O–H groups in total. The topological polar surface area (TPSA) is 59.4 Å². The molecule has 0 atom stereocenters. The van der Waals surface area contributed by atoms with E-state index in [2.05, 4.69) is 4.98 Å². The van der Waals surface area contributed by atoms with Crippen LogP contribution in [0.5, 0.6) is 5.88 Å². The van der Waals surface area contributed by atoms with Crippen LogP contribution in [0.4, 0.5) is 8.78 Å². The number of aromatic carboxylic acids is 1. The summed E-state index contributed by atoms with van der Waals surface area (Å²) >= 11 is 12.0. The number of benzene rings is 2. The first kappa shape index (κ1) is 25.7. The molecule has 9 heteroatoms. The van der Waals surface area contributed by atoms with Crippen LogP contribution >= 0.6 is 23.2 Å². The Morgan fingerprint density at radius 3 is 2.55 bits per heavy atom. The summed E-state index contributed by atoms with van der Waals surface area (Å²) in [5.74, 6) is -2.07. The standard InChI is InChI=1S/C24H17Cl2F2NO3.Na.H/c25-16-5-4-13(22(28)10-16)12-32-23-21(9-17(26)11-29-23)20-3-1-2-19(20)14-6-15(24(30)31)8-18(27)7-14;;/h4-11H,1-3,12H2,(H,30,31);;/q;+1;-1. The third-order valence-corrected chi connectivity index (χ3v) is 5.68. The Hall–Kier alpha value is -1.96. The van der Waals surface area contributed by atoms with Crippen LogP contribution in [-0.4, -0.2) is 16.1 Å². The van der Waals surface area contributed by atoms with Crippen molar-refractivity contribution >= 4 is 40.3 Å². The summed E-state index contributed by atoms with van der Waals surface area (Å²) in [4.78, 5) is 15.6. The molecule has 4 nitrogen and oxygen atoms in total. The van der Waals surface area contributed by atoms with Crippen molar-refractivity contribution in [2.24, 2.45) is 0 Å². The Morgan fingerprint density at radius 2 is 1.82 bits per heavy atom. The molecule has 0 radical (unpaired) electrons. The Morgan fingerprint density at radius 1 is 1.06 bits per heavy atom. The van der Waals surface area contributed by atoms with E-state index >= 15 is 0 Å². The molecule has 3 aromatic rings. The van der Waals surface area contributed by atoms with Gasteiger partial charge < -0.3 is 11.3 Å². The zero-order valence-electron chi connectivity index (χ0n) is 18.7. The number of hydrogen-bond acceptors (Lipinski definition) is 3. The second kappa shape index (κ2) is 11.0. The predicted octanol–water partition coefficient (Wildman–Crippen LogP) is 4.16. The van der Waals surface area contributed by atoms with Crippen molar-refractivity contribution < 1.29 is 54.4 Å². The molecule has 1 aliphatic carbocycles. The number of aromatic nitrogens is 1. The van der Waals surface area contributed by atoms with E-state index < -0.39 is 17.6 Å². The molecular formula is C24H18Cl2F2NNaO3. The van der Waals surface area contributed by atoms with Gasteiger partial charge in [-0.05, 0) is 72.4 Å².